The molecule has 2 aromatic rings. The fraction of sp³-hybridized carbons (Fsp3) is 0.700. The van der Waals surface area contributed by atoms with E-state index < -0.39 is 0 Å². The normalized spacial score (nSPS) is 16.3. The van der Waals surface area contributed by atoms with Crippen LogP contribution in [0.15, 0.2) is 35.3 Å². The highest BCUT2D eigenvalue weighted by molar-refractivity contribution is 7.16. The standard InChI is InChI=1S/C40H64N4O2S/c1-4-5-6-7-8-9-10-11-12-13-14-15-16-17-18-19-20-21-22-27-38(45)46-32-34-31-44(29-28-43(34)3)39-35-30-33(2)47-40(35)42-37-26-24-23-25-36(37)41-39/h23-26,30,34,42H,4-22,27-29,31-32H2,1-3H3. The number of likely N-dealkylation sites (N-methyl/N-ethyl adjacent to an activating group) is 1. The summed E-state index contributed by atoms with van der Waals surface area (Å²) in [5.41, 5.74) is 3.17. The molecule has 2 aliphatic rings. The summed E-state index contributed by atoms with van der Waals surface area (Å²) >= 11 is 1.77. The zero-order valence-corrected chi connectivity index (χ0v) is 30.8. The molecule has 1 unspecified atom stereocenters. The highest BCUT2D eigenvalue weighted by Crippen LogP contribution is 2.39. The first kappa shape index (κ1) is 37.4. The molecule has 0 radical (unpaired) electrons. The maximum Gasteiger partial charge on any atom is 0.305 e. The zero-order valence-electron chi connectivity index (χ0n) is 30.0. The molecule has 0 saturated carbocycles. The van der Waals surface area contributed by atoms with E-state index in [4.69, 9.17) is 9.73 Å². The van der Waals surface area contributed by atoms with Gasteiger partial charge in [-0.15, -0.1) is 11.3 Å². The minimum Gasteiger partial charge on any atom is -0.464 e. The van der Waals surface area contributed by atoms with Gasteiger partial charge in [0.1, 0.15) is 17.4 Å². The number of unbranched alkanes of at least 4 members (excludes halogenated alkanes) is 18. The predicted molar refractivity (Wildman–Crippen MR) is 202 cm³/mol. The van der Waals surface area contributed by atoms with Gasteiger partial charge in [0.25, 0.3) is 0 Å². The maximum atomic E-state index is 12.6. The molecule has 0 aliphatic carbocycles. The largest absolute Gasteiger partial charge is 0.464 e. The average Bonchev–Trinajstić information content (AvgIpc) is 3.36. The average molecular weight is 665 g/mol. The van der Waals surface area contributed by atoms with Crippen molar-refractivity contribution in [1.82, 2.24) is 9.80 Å². The topological polar surface area (TPSA) is 57.2 Å². The Kier molecular flexibility index (Phi) is 17.2. The van der Waals surface area contributed by atoms with Gasteiger partial charge in [0.15, 0.2) is 0 Å². The smallest absolute Gasteiger partial charge is 0.305 e. The van der Waals surface area contributed by atoms with Crippen LogP contribution in [-0.2, 0) is 9.53 Å². The molecule has 1 atom stereocenters. The van der Waals surface area contributed by atoms with E-state index in [1.165, 1.54) is 114 Å². The van der Waals surface area contributed by atoms with Gasteiger partial charge >= 0.3 is 5.97 Å². The lowest BCUT2D eigenvalue weighted by Gasteiger charge is -2.40. The Hall–Kier alpha value is -2.38. The fourth-order valence-electron chi connectivity index (χ4n) is 6.92. The number of rotatable bonds is 22. The summed E-state index contributed by atoms with van der Waals surface area (Å²) in [6, 6.07) is 10.6. The Morgan fingerprint density at radius 1 is 0.851 bits per heavy atom. The van der Waals surface area contributed by atoms with E-state index in [1.807, 2.05) is 12.1 Å². The zero-order chi connectivity index (χ0) is 33.1. The third kappa shape index (κ3) is 13.2. The summed E-state index contributed by atoms with van der Waals surface area (Å²) in [6.07, 6.45) is 26.4. The molecule has 6 nitrogen and oxygen atoms in total. The first-order valence-electron chi connectivity index (χ1n) is 19.2. The second-order valence-electron chi connectivity index (χ2n) is 14.1. The van der Waals surface area contributed by atoms with E-state index in [2.05, 4.69) is 54.2 Å². The number of amidine groups is 1. The number of fused-ring (bicyclic) bond motifs is 2. The van der Waals surface area contributed by atoms with Gasteiger partial charge in [-0.25, -0.2) is 4.99 Å². The van der Waals surface area contributed by atoms with Crippen LogP contribution in [-0.4, -0.2) is 60.9 Å². The molecule has 2 aliphatic heterocycles. The van der Waals surface area contributed by atoms with Gasteiger partial charge in [0.2, 0.25) is 0 Å². The van der Waals surface area contributed by atoms with Crippen molar-refractivity contribution in [2.45, 2.75) is 148 Å². The van der Waals surface area contributed by atoms with E-state index in [-0.39, 0.29) is 12.0 Å². The molecular weight excluding hydrogens is 601 g/mol. The second kappa shape index (κ2) is 21.6. The van der Waals surface area contributed by atoms with Gasteiger partial charge in [0.05, 0.1) is 23.0 Å². The lowest BCUT2D eigenvalue weighted by Crippen LogP contribution is -2.55. The maximum absolute atomic E-state index is 12.6. The molecule has 1 fully saturated rings. The molecule has 4 rings (SSSR count). The number of hydrogen-bond donors (Lipinski definition) is 1. The number of anilines is 2. The van der Waals surface area contributed by atoms with Crippen molar-refractivity contribution in [1.29, 1.82) is 0 Å². The quantitative estimate of drug-likeness (QED) is 0.100. The van der Waals surface area contributed by atoms with Crippen LogP contribution < -0.4 is 5.32 Å². The van der Waals surface area contributed by atoms with Gasteiger partial charge in [0, 0.05) is 30.9 Å². The number of benzene rings is 1. The Morgan fingerprint density at radius 2 is 1.43 bits per heavy atom. The van der Waals surface area contributed by atoms with Crippen LogP contribution in [0.1, 0.15) is 146 Å². The van der Waals surface area contributed by atoms with Crippen LogP contribution in [0, 0.1) is 6.92 Å². The van der Waals surface area contributed by atoms with Crippen molar-refractivity contribution in [3.8, 4) is 0 Å². The van der Waals surface area contributed by atoms with Crippen molar-refractivity contribution in [3.63, 3.8) is 0 Å². The molecule has 47 heavy (non-hydrogen) atoms. The van der Waals surface area contributed by atoms with E-state index >= 15 is 0 Å². The Morgan fingerprint density at radius 3 is 2.04 bits per heavy atom. The molecule has 3 heterocycles. The number of carbonyl (C=O) groups is 1. The highest BCUT2D eigenvalue weighted by Gasteiger charge is 2.30. The molecule has 7 heteroatoms. The van der Waals surface area contributed by atoms with E-state index in [1.54, 1.807) is 11.3 Å². The van der Waals surface area contributed by atoms with Gasteiger partial charge in [-0.2, -0.15) is 0 Å². The summed E-state index contributed by atoms with van der Waals surface area (Å²) in [4.78, 5) is 23.7. The van der Waals surface area contributed by atoms with Gasteiger partial charge in [-0.3, -0.25) is 9.69 Å². The molecule has 1 aromatic carbocycles. The summed E-state index contributed by atoms with van der Waals surface area (Å²) in [7, 11) is 2.14. The first-order valence-corrected chi connectivity index (χ1v) is 20.0. The number of para-hydroxylation sites is 2. The Bertz CT molecular complexity index is 1210. The van der Waals surface area contributed by atoms with Crippen molar-refractivity contribution in [2.75, 3.05) is 38.6 Å². The second-order valence-corrected chi connectivity index (χ2v) is 15.3. The number of hydrogen-bond acceptors (Lipinski definition) is 7. The molecular formula is C40H64N4O2S. The lowest BCUT2D eigenvalue weighted by atomic mass is 10.0. The molecule has 1 saturated heterocycles. The molecule has 1 aromatic heterocycles. The number of nitrogens with zero attached hydrogens (tertiary/aromatic N) is 3. The van der Waals surface area contributed by atoms with Crippen molar-refractivity contribution in [3.05, 3.63) is 40.8 Å². The monoisotopic (exact) mass is 664 g/mol. The van der Waals surface area contributed by atoms with Crippen LogP contribution in [0.5, 0.6) is 0 Å². The molecule has 0 bridgehead atoms. The number of piperazine rings is 1. The summed E-state index contributed by atoms with van der Waals surface area (Å²) in [6.45, 7) is 7.48. The molecule has 262 valence electrons. The van der Waals surface area contributed by atoms with Crippen molar-refractivity contribution >= 4 is 39.5 Å². The number of carbonyl (C=O) groups excluding carboxylic acids is 1. The lowest BCUT2D eigenvalue weighted by molar-refractivity contribution is -0.146. The molecule has 0 spiro atoms. The van der Waals surface area contributed by atoms with Gasteiger partial charge in [-0.05, 0) is 38.6 Å². The molecule has 0 amide bonds. The minimum atomic E-state index is -0.0526. The third-order valence-electron chi connectivity index (χ3n) is 9.97. The number of esters is 1. The van der Waals surface area contributed by atoms with E-state index in [0.29, 0.717) is 13.0 Å². The number of thiophene rings is 1. The molecule has 1 N–H and O–H groups in total. The van der Waals surface area contributed by atoms with Crippen molar-refractivity contribution in [2.24, 2.45) is 4.99 Å². The SMILES string of the molecule is CCCCCCCCCCCCCCCCCCCCCC(=O)OCC1CN(C2=Nc3ccccc3Nc3sc(C)cc32)CCN1C. The number of nitrogens with one attached hydrogen (secondary N) is 1. The van der Waals surface area contributed by atoms with E-state index in [0.717, 1.165) is 60.3 Å². The Balaban J connectivity index is 1.03. The summed E-state index contributed by atoms with van der Waals surface area (Å²) < 4.78 is 5.82. The number of ether oxygens (including phenoxy) is 1. The van der Waals surface area contributed by atoms with Crippen molar-refractivity contribution < 1.29 is 9.53 Å². The number of aryl methyl sites for hydroxylation is 1. The van der Waals surface area contributed by atoms with Crippen LogP contribution in [0.25, 0.3) is 0 Å². The third-order valence-corrected chi connectivity index (χ3v) is 10.9. The summed E-state index contributed by atoms with van der Waals surface area (Å²) in [5.74, 6) is 0.962. The van der Waals surface area contributed by atoms with Crippen LogP contribution in [0.3, 0.4) is 0 Å². The van der Waals surface area contributed by atoms with Crippen LogP contribution in [0.4, 0.5) is 16.4 Å². The van der Waals surface area contributed by atoms with Gasteiger partial charge in [-0.1, -0.05) is 135 Å². The Labute approximate surface area is 290 Å². The minimum absolute atomic E-state index is 0.0526. The first-order chi connectivity index (χ1) is 23.0. The fourth-order valence-corrected chi connectivity index (χ4v) is 7.84. The van der Waals surface area contributed by atoms with E-state index in [9.17, 15) is 4.79 Å². The van der Waals surface area contributed by atoms with Crippen LogP contribution >= 0.6 is 11.3 Å². The predicted octanol–water partition coefficient (Wildman–Crippen LogP) is 11.2. The highest BCUT2D eigenvalue weighted by atomic mass is 32.1. The van der Waals surface area contributed by atoms with Crippen LogP contribution in [0.2, 0.25) is 0 Å². The number of aliphatic imine (C=N–C) groups is 1. The summed E-state index contributed by atoms with van der Waals surface area (Å²) in [5, 5.41) is 4.76. The van der Waals surface area contributed by atoms with Gasteiger partial charge < -0.3 is 15.0 Å².